The number of aromatic nitrogens is 2. The van der Waals surface area contributed by atoms with Gasteiger partial charge in [0.15, 0.2) is 11.7 Å². The lowest BCUT2D eigenvalue weighted by Crippen LogP contribution is -2.38. The molecule has 0 bridgehead atoms. The van der Waals surface area contributed by atoms with Crippen molar-refractivity contribution < 1.29 is 17.6 Å². The Morgan fingerprint density at radius 3 is 2.50 bits per heavy atom. The van der Waals surface area contributed by atoms with Crippen molar-refractivity contribution in [2.24, 2.45) is 4.99 Å². The molecular weight excluding hydrogens is 506 g/mol. The second kappa shape index (κ2) is 10.4. The molecule has 2 aromatic rings. The third-order valence-corrected chi connectivity index (χ3v) is 4.39. The van der Waals surface area contributed by atoms with Crippen molar-refractivity contribution >= 4 is 41.3 Å². The van der Waals surface area contributed by atoms with Crippen LogP contribution in [0.1, 0.15) is 50.0 Å². The first-order valence-electron chi connectivity index (χ1n) is 8.58. The van der Waals surface area contributed by atoms with Gasteiger partial charge in [-0.25, -0.2) is 15.0 Å². The summed E-state index contributed by atoms with van der Waals surface area (Å²) in [5, 5.41) is 7.61. The van der Waals surface area contributed by atoms with E-state index < -0.39 is 11.9 Å². The lowest BCUT2D eigenvalue weighted by atomic mass is 9.94. The zero-order valence-electron chi connectivity index (χ0n) is 16.2. The summed E-state index contributed by atoms with van der Waals surface area (Å²) in [7, 11) is 0. The minimum absolute atomic E-state index is 0. The molecule has 0 aliphatic heterocycles. The molecule has 11 heteroatoms. The van der Waals surface area contributed by atoms with Crippen LogP contribution in [0.5, 0.6) is 0 Å². The number of nitrogens with zero attached hydrogens (tertiary/aromatic N) is 3. The fourth-order valence-corrected chi connectivity index (χ4v) is 2.87. The van der Waals surface area contributed by atoms with Gasteiger partial charge in [0, 0.05) is 30.3 Å². The normalized spacial score (nSPS) is 12.6. The van der Waals surface area contributed by atoms with Crippen LogP contribution < -0.4 is 10.6 Å². The average molecular weight is 531 g/mol. The van der Waals surface area contributed by atoms with E-state index in [-0.39, 0.29) is 35.9 Å². The van der Waals surface area contributed by atoms with Crippen LogP contribution in [0, 0.1) is 0 Å². The van der Waals surface area contributed by atoms with Crippen molar-refractivity contribution in [1.29, 1.82) is 0 Å². The molecular formula is C17H25F3IN5OS. The highest BCUT2D eigenvalue weighted by Gasteiger charge is 2.33. The zero-order valence-corrected chi connectivity index (χ0v) is 19.3. The summed E-state index contributed by atoms with van der Waals surface area (Å²) in [5.74, 6) is 1.84. The SMILES string of the molecule is CCNC(=NCc1ncc(C(C)(C)C)o1)NCCc1nc(C(F)(F)F)cs1.I. The maximum absolute atomic E-state index is 12.6. The number of halogens is 4. The number of rotatable bonds is 6. The molecule has 0 saturated carbocycles. The highest BCUT2D eigenvalue weighted by atomic mass is 127. The van der Waals surface area contributed by atoms with Crippen molar-refractivity contribution in [1.82, 2.24) is 20.6 Å². The molecule has 0 spiro atoms. The van der Waals surface area contributed by atoms with Crippen LogP contribution in [0.3, 0.4) is 0 Å². The van der Waals surface area contributed by atoms with E-state index in [1.54, 1.807) is 6.20 Å². The van der Waals surface area contributed by atoms with E-state index in [4.69, 9.17) is 4.42 Å². The number of nitrogens with one attached hydrogen (secondary N) is 2. The monoisotopic (exact) mass is 531 g/mol. The number of alkyl halides is 3. The summed E-state index contributed by atoms with van der Waals surface area (Å²) in [6.45, 7) is 9.37. The lowest BCUT2D eigenvalue weighted by Gasteiger charge is -2.13. The number of thiazole rings is 1. The molecule has 0 fully saturated rings. The minimum Gasteiger partial charge on any atom is -0.443 e. The van der Waals surface area contributed by atoms with Crippen molar-refractivity contribution in [3.05, 3.63) is 33.9 Å². The van der Waals surface area contributed by atoms with Gasteiger partial charge in [-0.2, -0.15) is 13.2 Å². The number of hydrogen-bond acceptors (Lipinski definition) is 5. The highest BCUT2D eigenvalue weighted by molar-refractivity contribution is 14.0. The molecule has 2 heterocycles. The zero-order chi connectivity index (χ0) is 20.1. The smallest absolute Gasteiger partial charge is 0.434 e. The van der Waals surface area contributed by atoms with Crippen molar-refractivity contribution in [3.8, 4) is 0 Å². The summed E-state index contributed by atoms with van der Waals surface area (Å²) in [4.78, 5) is 12.2. The standard InChI is InChI=1S/C17H24F3N5OS.HI/c1-5-21-15(24-9-13-23-8-12(26-13)16(2,3)4)22-7-6-14-25-11(10-27-14)17(18,19)20;/h8,10H,5-7,9H2,1-4H3,(H2,21,22,24);1H. The first-order valence-corrected chi connectivity index (χ1v) is 9.46. The fourth-order valence-electron chi connectivity index (χ4n) is 2.06. The summed E-state index contributed by atoms with van der Waals surface area (Å²) in [6, 6.07) is 0. The quantitative estimate of drug-likeness (QED) is 0.329. The summed E-state index contributed by atoms with van der Waals surface area (Å²) in [5.41, 5.74) is -0.970. The van der Waals surface area contributed by atoms with E-state index in [2.05, 4.69) is 25.6 Å². The van der Waals surface area contributed by atoms with Gasteiger partial charge in [-0.1, -0.05) is 20.8 Å². The largest absolute Gasteiger partial charge is 0.443 e. The summed E-state index contributed by atoms with van der Waals surface area (Å²) < 4.78 is 43.4. The maximum Gasteiger partial charge on any atom is 0.434 e. The molecule has 158 valence electrons. The van der Waals surface area contributed by atoms with E-state index in [9.17, 15) is 13.2 Å². The molecule has 2 rings (SSSR count). The van der Waals surface area contributed by atoms with Crippen molar-refractivity contribution in [3.63, 3.8) is 0 Å². The van der Waals surface area contributed by atoms with Crippen molar-refractivity contribution in [2.45, 2.75) is 52.3 Å². The van der Waals surface area contributed by atoms with Gasteiger partial charge in [0.2, 0.25) is 5.89 Å². The van der Waals surface area contributed by atoms with Crippen LogP contribution in [-0.4, -0.2) is 29.0 Å². The van der Waals surface area contributed by atoms with Gasteiger partial charge in [0.1, 0.15) is 12.3 Å². The molecule has 0 unspecified atom stereocenters. The molecule has 2 N–H and O–H groups in total. The first-order chi connectivity index (χ1) is 12.6. The Morgan fingerprint density at radius 1 is 1.25 bits per heavy atom. The molecule has 0 atom stereocenters. The van der Waals surface area contributed by atoms with Crippen LogP contribution in [0.2, 0.25) is 0 Å². The van der Waals surface area contributed by atoms with Gasteiger partial charge in [-0.15, -0.1) is 35.3 Å². The van der Waals surface area contributed by atoms with E-state index in [1.807, 2.05) is 27.7 Å². The molecule has 0 saturated heterocycles. The third kappa shape index (κ3) is 7.57. The Labute approximate surface area is 183 Å². The van der Waals surface area contributed by atoms with Crippen LogP contribution in [-0.2, 0) is 24.6 Å². The molecule has 0 aliphatic rings. The van der Waals surface area contributed by atoms with Gasteiger partial charge in [-0.3, -0.25) is 0 Å². The molecule has 28 heavy (non-hydrogen) atoms. The summed E-state index contributed by atoms with van der Waals surface area (Å²) in [6.07, 6.45) is -2.33. The molecule has 0 amide bonds. The Hall–Kier alpha value is -1.37. The van der Waals surface area contributed by atoms with E-state index in [1.165, 1.54) is 0 Å². The second-order valence-electron chi connectivity index (χ2n) is 6.86. The predicted octanol–water partition coefficient (Wildman–Crippen LogP) is 4.36. The van der Waals surface area contributed by atoms with E-state index in [0.29, 0.717) is 36.4 Å². The maximum atomic E-state index is 12.6. The van der Waals surface area contributed by atoms with Crippen LogP contribution in [0.15, 0.2) is 21.0 Å². The van der Waals surface area contributed by atoms with Gasteiger partial charge in [0.05, 0.1) is 11.2 Å². The molecule has 2 aromatic heterocycles. The molecule has 0 radical (unpaired) electrons. The van der Waals surface area contributed by atoms with Crippen molar-refractivity contribution in [2.75, 3.05) is 13.1 Å². The molecule has 6 nitrogen and oxygen atoms in total. The minimum atomic E-state index is -4.40. The number of oxazole rings is 1. The Kier molecular flexibility index (Phi) is 9.18. The molecule has 0 aromatic carbocycles. The second-order valence-corrected chi connectivity index (χ2v) is 7.81. The van der Waals surface area contributed by atoms with E-state index in [0.717, 1.165) is 22.5 Å². The highest BCUT2D eigenvalue weighted by Crippen LogP contribution is 2.30. The third-order valence-electron chi connectivity index (χ3n) is 3.48. The number of guanidine groups is 1. The summed E-state index contributed by atoms with van der Waals surface area (Å²) >= 11 is 1.00. The topological polar surface area (TPSA) is 75.3 Å². The van der Waals surface area contributed by atoms with Gasteiger partial charge in [-0.05, 0) is 6.92 Å². The predicted molar refractivity (Wildman–Crippen MR) is 114 cm³/mol. The number of hydrogen-bond donors (Lipinski definition) is 2. The van der Waals surface area contributed by atoms with Crippen LogP contribution >= 0.6 is 35.3 Å². The Bertz CT molecular complexity index is 767. The number of aliphatic imine (C=N–C) groups is 1. The van der Waals surface area contributed by atoms with Gasteiger partial charge >= 0.3 is 6.18 Å². The first kappa shape index (κ1) is 24.7. The Balaban J connectivity index is 0.00000392. The van der Waals surface area contributed by atoms with Gasteiger partial charge in [0.25, 0.3) is 0 Å². The average Bonchev–Trinajstić information content (AvgIpc) is 3.21. The van der Waals surface area contributed by atoms with Gasteiger partial charge < -0.3 is 15.1 Å². The van der Waals surface area contributed by atoms with E-state index >= 15 is 0 Å². The Morgan fingerprint density at radius 2 is 1.96 bits per heavy atom. The lowest BCUT2D eigenvalue weighted by molar-refractivity contribution is -0.140. The fraction of sp³-hybridized carbons (Fsp3) is 0.588. The molecule has 0 aliphatic carbocycles. The van der Waals surface area contributed by atoms with Crippen LogP contribution in [0.4, 0.5) is 13.2 Å². The van der Waals surface area contributed by atoms with Crippen LogP contribution in [0.25, 0.3) is 0 Å².